The van der Waals surface area contributed by atoms with Crippen molar-refractivity contribution in [3.05, 3.63) is 0 Å². The first kappa shape index (κ1) is 21.9. The van der Waals surface area contributed by atoms with Crippen molar-refractivity contribution in [1.82, 2.24) is 5.32 Å². The minimum Gasteiger partial charge on any atom is -0.463 e. The molecule has 25 heavy (non-hydrogen) atoms. The predicted octanol–water partition coefficient (Wildman–Crippen LogP) is 1.01. The fourth-order valence-corrected chi connectivity index (χ4v) is 2.62. The van der Waals surface area contributed by atoms with Crippen LogP contribution in [0.25, 0.3) is 0 Å². The molecule has 0 unspecified atom stereocenters. The van der Waals surface area contributed by atoms with Gasteiger partial charge in [0.2, 0.25) is 0 Å². The maximum absolute atomic E-state index is 12.1. The Morgan fingerprint density at radius 2 is 1.48 bits per heavy atom. The smallest absolute Gasteiger partial charge is 0.311 e. The van der Waals surface area contributed by atoms with E-state index in [0.717, 1.165) is 0 Å². The van der Waals surface area contributed by atoms with Crippen molar-refractivity contribution < 1.29 is 29.3 Å². The third-order valence-corrected chi connectivity index (χ3v) is 4.10. The lowest BCUT2D eigenvalue weighted by molar-refractivity contribution is -0.164. The fraction of sp³-hybridized carbons (Fsp3) is 0.889. The highest BCUT2D eigenvalue weighted by Gasteiger charge is 2.43. The summed E-state index contributed by atoms with van der Waals surface area (Å²) in [5, 5.41) is 22.8. The molecule has 0 radical (unpaired) electrons. The van der Waals surface area contributed by atoms with Crippen LogP contribution in [0.4, 0.5) is 0 Å². The van der Waals surface area contributed by atoms with Gasteiger partial charge in [0.25, 0.3) is 0 Å². The second-order valence-corrected chi connectivity index (χ2v) is 9.05. The van der Waals surface area contributed by atoms with Crippen LogP contribution < -0.4 is 5.32 Å². The van der Waals surface area contributed by atoms with Gasteiger partial charge in [-0.25, -0.2) is 0 Å². The third-order valence-electron chi connectivity index (χ3n) is 4.10. The maximum Gasteiger partial charge on any atom is 0.311 e. The molecule has 0 amide bonds. The van der Waals surface area contributed by atoms with Crippen LogP contribution in [0.15, 0.2) is 0 Å². The van der Waals surface area contributed by atoms with Gasteiger partial charge in [-0.2, -0.15) is 0 Å². The Kier molecular flexibility index (Phi) is 7.01. The lowest BCUT2D eigenvalue weighted by Gasteiger charge is -2.43. The van der Waals surface area contributed by atoms with Crippen LogP contribution in [0.5, 0.6) is 0 Å². The van der Waals surface area contributed by atoms with E-state index >= 15 is 0 Å². The summed E-state index contributed by atoms with van der Waals surface area (Å²) < 4.78 is 10.8. The van der Waals surface area contributed by atoms with Gasteiger partial charge in [-0.3, -0.25) is 9.59 Å². The molecule has 0 spiro atoms. The highest BCUT2D eigenvalue weighted by atomic mass is 16.6. The molecule has 0 saturated carbocycles. The van der Waals surface area contributed by atoms with Crippen LogP contribution in [0.1, 0.15) is 54.4 Å². The van der Waals surface area contributed by atoms with Crippen molar-refractivity contribution in [2.75, 3.05) is 19.8 Å². The molecule has 1 fully saturated rings. The molecular weight excluding hydrogens is 326 g/mol. The highest BCUT2D eigenvalue weighted by Crippen LogP contribution is 2.27. The van der Waals surface area contributed by atoms with E-state index in [1.165, 1.54) is 0 Å². The average Bonchev–Trinajstić information content (AvgIpc) is 2.47. The number of aliphatic hydroxyl groups excluding tert-OH is 2. The van der Waals surface area contributed by atoms with Crippen LogP contribution in [0.3, 0.4) is 0 Å². The normalized spacial score (nSPS) is 23.8. The maximum atomic E-state index is 12.1. The van der Waals surface area contributed by atoms with E-state index in [9.17, 15) is 19.8 Å². The molecule has 0 bridgehead atoms. The number of carbonyl (C=O) groups is 2. The minimum atomic E-state index is -0.924. The Bertz CT molecular complexity index is 447. The van der Waals surface area contributed by atoms with E-state index in [1.807, 2.05) is 0 Å². The third kappa shape index (κ3) is 6.56. The van der Waals surface area contributed by atoms with Crippen LogP contribution in [0.2, 0.25) is 0 Å². The molecule has 146 valence electrons. The van der Waals surface area contributed by atoms with Gasteiger partial charge in [0.1, 0.15) is 13.2 Å². The lowest BCUT2D eigenvalue weighted by Crippen LogP contribution is -2.63. The Balaban J connectivity index is 2.89. The quantitative estimate of drug-likeness (QED) is 0.629. The van der Waals surface area contributed by atoms with Gasteiger partial charge in [0.05, 0.1) is 29.1 Å². The first-order valence-electron chi connectivity index (χ1n) is 8.70. The van der Waals surface area contributed by atoms with Gasteiger partial charge in [-0.1, -0.05) is 0 Å². The summed E-state index contributed by atoms with van der Waals surface area (Å²) in [6.07, 6.45) is -0.0307. The topological polar surface area (TPSA) is 105 Å². The van der Waals surface area contributed by atoms with Crippen molar-refractivity contribution in [2.24, 2.45) is 10.8 Å². The van der Waals surface area contributed by atoms with E-state index in [2.05, 4.69) is 5.32 Å². The molecule has 7 heteroatoms. The number of esters is 2. The van der Waals surface area contributed by atoms with Crippen molar-refractivity contribution in [3.63, 3.8) is 0 Å². The van der Waals surface area contributed by atoms with Crippen molar-refractivity contribution in [2.45, 2.75) is 72.1 Å². The molecule has 1 aliphatic rings. The summed E-state index contributed by atoms with van der Waals surface area (Å²) in [5.74, 6) is -0.757. The zero-order valence-corrected chi connectivity index (χ0v) is 16.2. The van der Waals surface area contributed by atoms with Crippen molar-refractivity contribution >= 4 is 11.9 Å². The van der Waals surface area contributed by atoms with Gasteiger partial charge >= 0.3 is 11.9 Å². The molecule has 2 atom stereocenters. The van der Waals surface area contributed by atoms with Gasteiger partial charge in [0, 0.05) is 6.04 Å². The standard InChI is InChI=1S/C18H33NO6/c1-16(2,3)14(22)24-10-18(11-25-15(23)17(4,5)6)8-13(21)7-12(9-20)19-18/h12-13,19-21H,7-11H2,1-6H3/t12-,13-/m0/s1. The number of carbonyl (C=O) groups excluding carboxylic acids is 2. The second kappa shape index (κ2) is 8.01. The number of hydrogen-bond donors (Lipinski definition) is 3. The molecule has 1 aliphatic heterocycles. The van der Waals surface area contributed by atoms with E-state index in [4.69, 9.17) is 9.47 Å². The zero-order chi connectivity index (χ0) is 19.5. The molecule has 1 saturated heterocycles. The number of hydrogen-bond acceptors (Lipinski definition) is 7. The fourth-order valence-electron chi connectivity index (χ4n) is 2.62. The summed E-state index contributed by atoms with van der Waals surface area (Å²) in [4.78, 5) is 24.2. The molecule has 0 aliphatic carbocycles. The van der Waals surface area contributed by atoms with Crippen molar-refractivity contribution in [3.8, 4) is 0 Å². The molecule has 7 nitrogen and oxygen atoms in total. The lowest BCUT2D eigenvalue weighted by atomic mass is 9.85. The SMILES string of the molecule is CC(C)(C)C(=O)OCC1(COC(=O)C(C)(C)C)C[C@@H](O)C[C@@H](CO)N1. The van der Waals surface area contributed by atoms with Crippen LogP contribution in [-0.4, -0.2) is 59.7 Å². The zero-order valence-electron chi connectivity index (χ0n) is 16.2. The minimum absolute atomic E-state index is 0.0475. The molecular formula is C18H33NO6. The highest BCUT2D eigenvalue weighted by molar-refractivity contribution is 5.76. The first-order valence-corrected chi connectivity index (χ1v) is 8.70. The number of aliphatic hydroxyl groups is 2. The number of ether oxygens (including phenoxy) is 2. The molecule has 1 rings (SSSR count). The summed E-state index contributed by atoms with van der Waals surface area (Å²) >= 11 is 0. The Morgan fingerprint density at radius 1 is 1.04 bits per heavy atom. The van der Waals surface area contributed by atoms with E-state index in [1.54, 1.807) is 41.5 Å². The molecule has 3 N–H and O–H groups in total. The van der Waals surface area contributed by atoms with E-state index in [-0.39, 0.29) is 44.2 Å². The van der Waals surface area contributed by atoms with Crippen LogP contribution >= 0.6 is 0 Å². The summed E-state index contributed by atoms with van der Waals surface area (Å²) in [6, 6.07) is -0.356. The number of piperidine rings is 1. The van der Waals surface area contributed by atoms with Gasteiger partial charge in [-0.05, 0) is 54.4 Å². The van der Waals surface area contributed by atoms with Gasteiger partial charge < -0.3 is 25.0 Å². The van der Waals surface area contributed by atoms with Crippen LogP contribution in [0, 0.1) is 10.8 Å². The molecule has 0 aromatic heterocycles. The Morgan fingerprint density at radius 3 is 1.84 bits per heavy atom. The van der Waals surface area contributed by atoms with Gasteiger partial charge in [-0.15, -0.1) is 0 Å². The first-order chi connectivity index (χ1) is 11.3. The van der Waals surface area contributed by atoms with Crippen molar-refractivity contribution in [1.29, 1.82) is 0 Å². The average molecular weight is 359 g/mol. The summed E-state index contributed by atoms with van der Waals surface area (Å²) in [6.45, 7) is 10.2. The summed E-state index contributed by atoms with van der Waals surface area (Å²) in [7, 11) is 0. The van der Waals surface area contributed by atoms with Crippen LogP contribution in [-0.2, 0) is 19.1 Å². The van der Waals surface area contributed by atoms with Gasteiger partial charge in [0.15, 0.2) is 0 Å². The molecule has 0 aromatic rings. The second-order valence-electron chi connectivity index (χ2n) is 9.05. The van der Waals surface area contributed by atoms with E-state index in [0.29, 0.717) is 6.42 Å². The Labute approximate surface area is 150 Å². The number of rotatable bonds is 5. The summed E-state index contributed by atoms with van der Waals surface area (Å²) in [5.41, 5.74) is -2.24. The molecule has 1 heterocycles. The number of nitrogens with one attached hydrogen (secondary N) is 1. The predicted molar refractivity (Wildman–Crippen MR) is 92.8 cm³/mol. The molecule has 0 aromatic carbocycles. The Hall–Kier alpha value is -1.18. The largest absolute Gasteiger partial charge is 0.463 e. The van der Waals surface area contributed by atoms with E-state index < -0.39 is 22.5 Å². The monoisotopic (exact) mass is 359 g/mol.